The number of rotatable bonds is 6. The highest BCUT2D eigenvalue weighted by Gasteiger charge is 2.26. The quantitative estimate of drug-likeness (QED) is 0.756. The van der Waals surface area contributed by atoms with Gasteiger partial charge >= 0.3 is 0 Å². The fourth-order valence-electron chi connectivity index (χ4n) is 2.04. The third kappa shape index (κ3) is 4.29. The maximum atomic E-state index is 12.5. The summed E-state index contributed by atoms with van der Waals surface area (Å²) in [7, 11) is 0. The number of ether oxygens (including phenoxy) is 1. The average molecular weight is 332 g/mol. The number of halogens is 2. The molecule has 0 bridgehead atoms. The van der Waals surface area contributed by atoms with Crippen LogP contribution in [0, 0.1) is 25.2 Å². The maximum Gasteiger partial charge on any atom is 0.272 e. The number of hydrogen-bond donors (Lipinski definition) is 0. The second-order valence-electron chi connectivity index (χ2n) is 5.00. The Hall–Kier alpha value is -2.95. The first-order valence-electron chi connectivity index (χ1n) is 7.04. The van der Waals surface area contributed by atoms with Crippen molar-refractivity contribution in [2.75, 3.05) is 6.61 Å². The number of hydrogen-bond acceptors (Lipinski definition) is 6. The van der Waals surface area contributed by atoms with Gasteiger partial charge < -0.3 is 4.74 Å². The minimum atomic E-state index is -2.65. The van der Waals surface area contributed by atoms with Crippen LogP contribution in [-0.2, 0) is 0 Å². The molecule has 2 aromatic heterocycles. The van der Waals surface area contributed by atoms with Gasteiger partial charge in [0, 0.05) is 17.5 Å². The predicted octanol–water partition coefficient (Wildman–Crippen LogP) is 2.62. The first-order chi connectivity index (χ1) is 11.4. The van der Waals surface area contributed by atoms with E-state index < -0.39 is 24.7 Å². The summed E-state index contributed by atoms with van der Waals surface area (Å²) in [6.45, 7) is 2.63. The molecule has 8 heteroatoms. The van der Waals surface area contributed by atoms with Crippen molar-refractivity contribution in [1.29, 1.82) is 5.26 Å². The van der Waals surface area contributed by atoms with Gasteiger partial charge in [-0.15, -0.1) is 0 Å². The average Bonchev–Trinajstić information content (AvgIpc) is 2.53. The lowest BCUT2D eigenvalue weighted by Crippen LogP contribution is -2.17. The number of aromatic nitrogens is 3. The Labute approximate surface area is 137 Å². The van der Waals surface area contributed by atoms with E-state index in [0.29, 0.717) is 11.4 Å². The molecular formula is C16H14F2N4O2. The summed E-state index contributed by atoms with van der Waals surface area (Å²) in [6.07, 6.45) is -2.65. The summed E-state index contributed by atoms with van der Waals surface area (Å²) in [5.41, 5.74) is 1.19. The largest absolute Gasteiger partial charge is 0.472 e. The van der Waals surface area contributed by atoms with Crippen LogP contribution in [-0.4, -0.2) is 33.8 Å². The highest BCUT2D eigenvalue weighted by atomic mass is 19.3. The molecule has 0 aromatic carbocycles. The molecule has 2 rings (SSSR count). The highest BCUT2D eigenvalue weighted by molar-refractivity contribution is 6.00. The van der Waals surface area contributed by atoms with E-state index in [1.807, 2.05) is 6.07 Å². The smallest absolute Gasteiger partial charge is 0.272 e. The molecule has 0 aliphatic heterocycles. The van der Waals surface area contributed by atoms with Crippen molar-refractivity contribution in [2.24, 2.45) is 0 Å². The summed E-state index contributed by atoms with van der Waals surface area (Å²) >= 11 is 0. The van der Waals surface area contributed by atoms with Crippen LogP contribution in [0.1, 0.15) is 33.6 Å². The van der Waals surface area contributed by atoms with Crippen molar-refractivity contribution in [1.82, 2.24) is 15.0 Å². The van der Waals surface area contributed by atoms with Crippen LogP contribution >= 0.6 is 0 Å². The zero-order valence-corrected chi connectivity index (χ0v) is 13.0. The molecule has 0 amide bonds. The Morgan fingerprint density at radius 1 is 1.25 bits per heavy atom. The van der Waals surface area contributed by atoms with Gasteiger partial charge in [-0.25, -0.2) is 23.7 Å². The molecule has 0 fully saturated rings. The van der Waals surface area contributed by atoms with Gasteiger partial charge in [0.1, 0.15) is 5.69 Å². The molecule has 24 heavy (non-hydrogen) atoms. The van der Waals surface area contributed by atoms with E-state index in [2.05, 4.69) is 15.0 Å². The number of nitriles is 1. The van der Waals surface area contributed by atoms with Gasteiger partial charge in [0.2, 0.25) is 11.7 Å². The number of Topliss-reactive ketones (excluding diaryl/α,β-unsaturated/α-hetero) is 1. The summed E-state index contributed by atoms with van der Waals surface area (Å²) in [5.74, 6) is -1.88. The van der Waals surface area contributed by atoms with E-state index in [0.717, 1.165) is 0 Å². The van der Waals surface area contributed by atoms with Gasteiger partial charge in [-0.2, -0.15) is 5.26 Å². The number of pyridine rings is 1. The molecule has 1 atom stereocenters. The molecular weight excluding hydrogens is 318 g/mol. The molecule has 0 radical (unpaired) electrons. The van der Waals surface area contributed by atoms with Gasteiger partial charge in [-0.05, 0) is 26.0 Å². The maximum absolute atomic E-state index is 12.5. The lowest BCUT2D eigenvalue weighted by Gasteiger charge is -2.10. The molecule has 2 heterocycles. The highest BCUT2D eigenvalue weighted by Crippen LogP contribution is 2.19. The minimum absolute atomic E-state index is 0.0731. The molecule has 0 aliphatic rings. The molecule has 0 N–H and O–H groups in total. The summed E-state index contributed by atoms with van der Waals surface area (Å²) in [5, 5.41) is 9.33. The van der Waals surface area contributed by atoms with Crippen LogP contribution < -0.4 is 4.74 Å². The van der Waals surface area contributed by atoms with Gasteiger partial charge in [-0.1, -0.05) is 6.07 Å². The van der Waals surface area contributed by atoms with Crippen molar-refractivity contribution < 1.29 is 18.3 Å². The van der Waals surface area contributed by atoms with Gasteiger partial charge in [0.15, 0.2) is 18.3 Å². The molecule has 0 spiro atoms. The molecule has 0 saturated heterocycles. The zero-order valence-electron chi connectivity index (χ0n) is 13.0. The van der Waals surface area contributed by atoms with E-state index in [1.165, 1.54) is 18.2 Å². The zero-order chi connectivity index (χ0) is 17.7. The van der Waals surface area contributed by atoms with Gasteiger partial charge in [0.05, 0.1) is 6.07 Å². The molecule has 124 valence electrons. The molecule has 2 aromatic rings. The van der Waals surface area contributed by atoms with Crippen LogP contribution in [0.2, 0.25) is 0 Å². The van der Waals surface area contributed by atoms with Crippen LogP contribution in [0.25, 0.3) is 0 Å². The van der Waals surface area contributed by atoms with Gasteiger partial charge in [0.25, 0.3) is 6.43 Å². The molecule has 0 unspecified atom stereocenters. The Morgan fingerprint density at radius 2 is 1.92 bits per heavy atom. The Kier molecular flexibility index (Phi) is 5.47. The summed E-state index contributed by atoms with van der Waals surface area (Å²) < 4.78 is 29.1. The number of nitrogens with zero attached hydrogens (tertiary/aromatic N) is 4. The number of alkyl halides is 2. The van der Waals surface area contributed by atoms with Crippen molar-refractivity contribution in [3.63, 3.8) is 0 Å². The van der Waals surface area contributed by atoms with E-state index >= 15 is 0 Å². The van der Waals surface area contributed by atoms with Crippen LogP contribution in [0.3, 0.4) is 0 Å². The second kappa shape index (κ2) is 7.55. The van der Waals surface area contributed by atoms with E-state index in [9.17, 15) is 18.8 Å². The first-order valence-corrected chi connectivity index (χ1v) is 7.04. The fraction of sp³-hybridized carbons (Fsp3) is 0.312. The lowest BCUT2D eigenvalue weighted by atomic mass is 10.0. The lowest BCUT2D eigenvalue weighted by molar-refractivity contribution is 0.0793. The number of carbonyl (C=O) groups excluding carboxylic acids is 1. The van der Waals surface area contributed by atoms with Crippen molar-refractivity contribution in [3.05, 3.63) is 47.2 Å². The van der Waals surface area contributed by atoms with Crippen molar-refractivity contribution in [2.45, 2.75) is 26.2 Å². The Morgan fingerprint density at radius 3 is 2.50 bits per heavy atom. The normalized spacial score (nSPS) is 11.8. The minimum Gasteiger partial charge on any atom is -0.472 e. The van der Waals surface area contributed by atoms with E-state index in [1.54, 1.807) is 19.9 Å². The van der Waals surface area contributed by atoms with Crippen LogP contribution in [0.15, 0.2) is 24.3 Å². The number of carbonyl (C=O) groups is 1. The monoisotopic (exact) mass is 332 g/mol. The summed E-state index contributed by atoms with van der Waals surface area (Å²) in [4.78, 5) is 24.6. The number of ketones is 1. The Bertz CT molecular complexity index is 770. The Balaban J connectivity index is 2.28. The SMILES string of the molecule is Cc1cc(C)nc([C@H](C#N)C(=O)c2cccc(OCC(F)F)n2)n1. The molecule has 0 aliphatic carbocycles. The van der Waals surface area contributed by atoms with Crippen LogP contribution in [0.5, 0.6) is 5.88 Å². The van der Waals surface area contributed by atoms with Crippen molar-refractivity contribution >= 4 is 5.78 Å². The fourth-order valence-corrected chi connectivity index (χ4v) is 2.04. The summed E-state index contributed by atoms with van der Waals surface area (Å²) in [6, 6.07) is 7.76. The van der Waals surface area contributed by atoms with Crippen LogP contribution in [0.4, 0.5) is 8.78 Å². The van der Waals surface area contributed by atoms with Gasteiger partial charge in [-0.3, -0.25) is 4.79 Å². The predicted molar refractivity (Wildman–Crippen MR) is 79.9 cm³/mol. The van der Waals surface area contributed by atoms with Crippen molar-refractivity contribution in [3.8, 4) is 11.9 Å². The third-order valence-corrected chi connectivity index (χ3v) is 2.98. The topological polar surface area (TPSA) is 88.8 Å². The second-order valence-corrected chi connectivity index (χ2v) is 5.00. The standard InChI is InChI=1S/C16H14F2N4O2/c1-9-6-10(2)21-16(20-9)11(7-19)15(23)12-4-3-5-14(22-12)24-8-13(17)18/h3-6,11,13H,8H2,1-2H3/t11-/m1/s1. The van der Waals surface area contributed by atoms with E-state index in [-0.39, 0.29) is 17.4 Å². The molecule has 0 saturated carbocycles. The molecule has 6 nitrogen and oxygen atoms in total. The van der Waals surface area contributed by atoms with E-state index in [4.69, 9.17) is 4.74 Å². The number of aryl methyl sites for hydroxylation is 2. The third-order valence-electron chi connectivity index (χ3n) is 2.98. The first kappa shape index (κ1) is 17.4.